The Morgan fingerprint density at radius 3 is 2.67 bits per heavy atom. The minimum absolute atomic E-state index is 0.169. The Balaban J connectivity index is 2.22. The van der Waals surface area contributed by atoms with Crippen LogP contribution in [0.1, 0.15) is 20.3 Å². The maximum atomic E-state index is 9.26. The van der Waals surface area contributed by atoms with Gasteiger partial charge in [0.05, 0.1) is 18.8 Å². The maximum Gasteiger partial charge on any atom is 0.0860 e. The molecule has 1 saturated heterocycles. The molecule has 1 aliphatic rings. The summed E-state index contributed by atoms with van der Waals surface area (Å²) >= 11 is 0. The van der Waals surface area contributed by atoms with Gasteiger partial charge < -0.3 is 9.84 Å². The molecule has 2 nitrogen and oxygen atoms in total. The summed E-state index contributed by atoms with van der Waals surface area (Å²) in [4.78, 5) is 0. The topological polar surface area (TPSA) is 32.8 Å². The molecule has 0 saturated carbocycles. The molecule has 1 heterocycles. The van der Waals surface area contributed by atoms with Gasteiger partial charge in [0.25, 0.3) is 0 Å². The minimum Gasteiger partial charge on any atom is -0.393 e. The van der Waals surface area contributed by atoms with Gasteiger partial charge in [-0.3, -0.25) is 0 Å². The molecule has 1 aliphatic heterocycles. The first-order valence-corrected chi connectivity index (χ1v) is 3.55. The summed E-state index contributed by atoms with van der Waals surface area (Å²) in [7, 11) is 0. The first-order chi connectivity index (χ1) is 4.25. The fourth-order valence-electron chi connectivity index (χ4n) is 0.979. The van der Waals surface area contributed by atoms with Crippen molar-refractivity contribution in [2.45, 2.75) is 32.5 Å². The highest BCUT2D eigenvalue weighted by molar-refractivity contribution is 4.80. The molecular weight excluding hydrogens is 116 g/mol. The molecule has 1 N–H and O–H groups in total. The molecule has 0 radical (unpaired) electrons. The van der Waals surface area contributed by atoms with Gasteiger partial charge in [0, 0.05) is 5.92 Å². The molecule has 0 spiro atoms. The number of aliphatic hydroxyl groups excluding tert-OH is 1. The van der Waals surface area contributed by atoms with Crippen LogP contribution < -0.4 is 0 Å². The Bertz CT molecular complexity index is 88.9. The first-order valence-electron chi connectivity index (χ1n) is 3.55. The largest absolute Gasteiger partial charge is 0.393 e. The summed E-state index contributed by atoms with van der Waals surface area (Å²) in [5.74, 6) is 0.329. The van der Waals surface area contributed by atoms with Crippen LogP contribution in [0.5, 0.6) is 0 Å². The fourth-order valence-corrected chi connectivity index (χ4v) is 0.979. The van der Waals surface area contributed by atoms with Crippen molar-refractivity contribution in [1.82, 2.24) is 0 Å². The average Bonchev–Trinajstić information content (AvgIpc) is 2.66. The molecule has 0 amide bonds. The Kier molecular flexibility index (Phi) is 2.09. The molecule has 3 atom stereocenters. The highest BCUT2D eigenvalue weighted by Gasteiger charge is 2.32. The number of rotatable bonds is 3. The van der Waals surface area contributed by atoms with E-state index in [0.717, 1.165) is 13.0 Å². The number of hydrogen-bond acceptors (Lipinski definition) is 2. The summed E-state index contributed by atoms with van der Waals surface area (Å²) in [5, 5.41) is 9.26. The van der Waals surface area contributed by atoms with Crippen LogP contribution >= 0.6 is 0 Å². The molecule has 54 valence electrons. The van der Waals surface area contributed by atoms with Gasteiger partial charge in [-0.2, -0.15) is 0 Å². The van der Waals surface area contributed by atoms with E-state index in [1.807, 2.05) is 13.8 Å². The molecule has 0 unspecified atom stereocenters. The van der Waals surface area contributed by atoms with Crippen LogP contribution in [-0.4, -0.2) is 23.9 Å². The normalized spacial score (nSPS) is 31.7. The number of ether oxygens (including phenoxy) is 1. The van der Waals surface area contributed by atoms with Crippen molar-refractivity contribution in [3.63, 3.8) is 0 Å². The summed E-state index contributed by atoms with van der Waals surface area (Å²) in [6.07, 6.45) is 1.01. The predicted molar refractivity (Wildman–Crippen MR) is 35.2 cm³/mol. The molecule has 0 aliphatic carbocycles. The lowest BCUT2D eigenvalue weighted by atomic mass is 10.00. The molecule has 2 heteroatoms. The Labute approximate surface area is 55.8 Å². The van der Waals surface area contributed by atoms with E-state index in [1.165, 1.54) is 0 Å². The van der Waals surface area contributed by atoms with Crippen molar-refractivity contribution in [3.8, 4) is 0 Å². The van der Waals surface area contributed by atoms with E-state index in [9.17, 15) is 5.11 Å². The zero-order chi connectivity index (χ0) is 6.85. The SMILES string of the molecule is CC[C@H](O)[C@@H](C)[C@@H]1CO1. The van der Waals surface area contributed by atoms with Gasteiger partial charge in [-0.25, -0.2) is 0 Å². The lowest BCUT2D eigenvalue weighted by Crippen LogP contribution is -2.21. The fraction of sp³-hybridized carbons (Fsp3) is 1.00. The first kappa shape index (κ1) is 7.03. The van der Waals surface area contributed by atoms with Crippen LogP contribution in [-0.2, 0) is 4.74 Å². The third kappa shape index (κ3) is 1.66. The zero-order valence-electron chi connectivity index (χ0n) is 6.00. The van der Waals surface area contributed by atoms with E-state index < -0.39 is 0 Å². The Morgan fingerprint density at radius 1 is 1.78 bits per heavy atom. The van der Waals surface area contributed by atoms with Crippen molar-refractivity contribution in [2.24, 2.45) is 5.92 Å². The van der Waals surface area contributed by atoms with Gasteiger partial charge >= 0.3 is 0 Å². The van der Waals surface area contributed by atoms with Crippen LogP contribution in [0, 0.1) is 5.92 Å². The molecule has 9 heavy (non-hydrogen) atoms. The molecule has 0 bridgehead atoms. The van der Waals surface area contributed by atoms with Crippen LogP contribution in [0.25, 0.3) is 0 Å². The van der Waals surface area contributed by atoms with Gasteiger partial charge in [0.2, 0.25) is 0 Å². The van der Waals surface area contributed by atoms with Crippen molar-refractivity contribution in [1.29, 1.82) is 0 Å². The second kappa shape index (κ2) is 2.67. The molecule has 0 aromatic carbocycles. The standard InChI is InChI=1S/C7H14O2/c1-3-6(8)5(2)7-4-9-7/h5-8H,3-4H2,1-2H3/t5-,6+,7+/m1/s1. The van der Waals surface area contributed by atoms with E-state index >= 15 is 0 Å². The molecule has 1 fully saturated rings. The second-order valence-electron chi connectivity index (χ2n) is 2.71. The van der Waals surface area contributed by atoms with Crippen LogP contribution in [0.2, 0.25) is 0 Å². The van der Waals surface area contributed by atoms with Gasteiger partial charge in [0.15, 0.2) is 0 Å². The van der Waals surface area contributed by atoms with E-state index in [4.69, 9.17) is 4.74 Å². The summed E-state index contributed by atoms with van der Waals surface area (Å²) in [6.45, 7) is 4.87. The Hall–Kier alpha value is -0.0800. The predicted octanol–water partition coefficient (Wildman–Crippen LogP) is 0.792. The van der Waals surface area contributed by atoms with Gasteiger partial charge in [0.1, 0.15) is 0 Å². The van der Waals surface area contributed by atoms with E-state index in [1.54, 1.807) is 0 Å². The summed E-state index contributed by atoms with van der Waals surface area (Å²) in [5.41, 5.74) is 0. The lowest BCUT2D eigenvalue weighted by Gasteiger charge is -2.13. The Morgan fingerprint density at radius 2 is 2.33 bits per heavy atom. The molecule has 0 aromatic heterocycles. The number of hydrogen-bond donors (Lipinski definition) is 1. The van der Waals surface area contributed by atoms with Crippen molar-refractivity contribution < 1.29 is 9.84 Å². The third-order valence-corrected chi connectivity index (χ3v) is 1.97. The van der Waals surface area contributed by atoms with Gasteiger partial charge in [-0.1, -0.05) is 13.8 Å². The van der Waals surface area contributed by atoms with Crippen molar-refractivity contribution in [3.05, 3.63) is 0 Å². The van der Waals surface area contributed by atoms with E-state index in [0.29, 0.717) is 12.0 Å². The second-order valence-corrected chi connectivity index (χ2v) is 2.71. The van der Waals surface area contributed by atoms with Crippen LogP contribution in [0.4, 0.5) is 0 Å². The van der Waals surface area contributed by atoms with Crippen molar-refractivity contribution >= 4 is 0 Å². The lowest BCUT2D eigenvalue weighted by molar-refractivity contribution is 0.0953. The third-order valence-electron chi connectivity index (χ3n) is 1.97. The molecule has 1 rings (SSSR count). The molecular formula is C7H14O2. The quantitative estimate of drug-likeness (QED) is 0.573. The monoisotopic (exact) mass is 130 g/mol. The zero-order valence-corrected chi connectivity index (χ0v) is 6.00. The van der Waals surface area contributed by atoms with Crippen LogP contribution in [0.15, 0.2) is 0 Å². The van der Waals surface area contributed by atoms with E-state index in [2.05, 4.69) is 0 Å². The molecule has 0 aromatic rings. The highest BCUT2D eigenvalue weighted by Crippen LogP contribution is 2.23. The summed E-state index contributed by atoms with van der Waals surface area (Å²) in [6, 6.07) is 0. The van der Waals surface area contributed by atoms with E-state index in [-0.39, 0.29) is 6.10 Å². The summed E-state index contributed by atoms with van der Waals surface area (Å²) < 4.78 is 5.03. The maximum absolute atomic E-state index is 9.26. The smallest absolute Gasteiger partial charge is 0.0860 e. The van der Waals surface area contributed by atoms with Gasteiger partial charge in [-0.15, -0.1) is 0 Å². The average molecular weight is 130 g/mol. The van der Waals surface area contributed by atoms with Crippen molar-refractivity contribution in [2.75, 3.05) is 6.61 Å². The number of aliphatic hydroxyl groups is 1. The number of epoxide rings is 1. The highest BCUT2D eigenvalue weighted by atomic mass is 16.6. The van der Waals surface area contributed by atoms with Gasteiger partial charge in [-0.05, 0) is 6.42 Å². The minimum atomic E-state index is -0.169. The van der Waals surface area contributed by atoms with Crippen LogP contribution in [0.3, 0.4) is 0 Å².